The van der Waals surface area contributed by atoms with Gasteiger partial charge in [-0.05, 0) is 36.3 Å². The lowest BCUT2D eigenvalue weighted by atomic mass is 9.71. The van der Waals surface area contributed by atoms with Gasteiger partial charge in [-0.15, -0.1) is 0 Å². The Morgan fingerprint density at radius 2 is 2.21 bits per heavy atom. The first kappa shape index (κ1) is 13.2. The third-order valence-electron chi connectivity index (χ3n) is 4.23. The van der Waals surface area contributed by atoms with E-state index >= 15 is 0 Å². The van der Waals surface area contributed by atoms with E-state index in [9.17, 15) is 4.39 Å². The minimum Gasteiger partial charge on any atom is -0.313 e. The molecule has 1 aromatic rings. The zero-order valence-electron chi connectivity index (χ0n) is 11.0. The molecule has 1 saturated carbocycles. The Labute approximate surface area is 118 Å². The number of halogens is 1. The van der Waals surface area contributed by atoms with Gasteiger partial charge >= 0.3 is 0 Å². The fourth-order valence-corrected chi connectivity index (χ4v) is 3.92. The summed E-state index contributed by atoms with van der Waals surface area (Å²) in [5.41, 5.74) is 0.815. The van der Waals surface area contributed by atoms with Crippen molar-refractivity contribution in [2.24, 2.45) is 11.8 Å². The van der Waals surface area contributed by atoms with Gasteiger partial charge in [0.05, 0.1) is 0 Å². The van der Waals surface area contributed by atoms with Gasteiger partial charge in [0.25, 0.3) is 0 Å². The van der Waals surface area contributed by atoms with Crippen LogP contribution in [0.1, 0.15) is 18.4 Å². The molecule has 3 heteroatoms. The van der Waals surface area contributed by atoms with E-state index in [1.807, 2.05) is 12.1 Å². The zero-order chi connectivity index (χ0) is 13.1. The smallest absolute Gasteiger partial charge is 0.127 e. The van der Waals surface area contributed by atoms with Crippen molar-refractivity contribution in [2.75, 3.05) is 12.3 Å². The van der Waals surface area contributed by atoms with Crippen LogP contribution in [-0.4, -0.2) is 18.3 Å². The predicted molar refractivity (Wildman–Crippen MR) is 79.7 cm³/mol. The van der Waals surface area contributed by atoms with Gasteiger partial charge in [-0.25, -0.2) is 4.39 Å². The van der Waals surface area contributed by atoms with Crippen LogP contribution in [0.25, 0.3) is 0 Å². The number of nitrogens with one attached hydrogen (secondary N) is 1. The van der Waals surface area contributed by atoms with Gasteiger partial charge in [-0.1, -0.05) is 30.4 Å². The monoisotopic (exact) mass is 277 g/mol. The molecule has 0 amide bonds. The van der Waals surface area contributed by atoms with Gasteiger partial charge in [0.15, 0.2) is 0 Å². The topological polar surface area (TPSA) is 12.0 Å². The van der Waals surface area contributed by atoms with Crippen LogP contribution in [0.15, 0.2) is 36.4 Å². The highest BCUT2D eigenvalue weighted by atomic mass is 32.2. The van der Waals surface area contributed by atoms with Crippen LogP contribution < -0.4 is 5.32 Å². The molecule has 19 heavy (non-hydrogen) atoms. The molecule has 0 saturated heterocycles. The van der Waals surface area contributed by atoms with E-state index in [2.05, 4.69) is 17.5 Å². The summed E-state index contributed by atoms with van der Waals surface area (Å²) in [6, 6.07) is 7.74. The van der Waals surface area contributed by atoms with Crippen molar-refractivity contribution in [2.45, 2.75) is 24.6 Å². The van der Waals surface area contributed by atoms with Crippen LogP contribution >= 0.6 is 11.8 Å². The molecule has 0 radical (unpaired) electrons. The quantitative estimate of drug-likeness (QED) is 0.629. The van der Waals surface area contributed by atoms with Crippen LogP contribution in [0.5, 0.6) is 0 Å². The molecule has 0 heterocycles. The van der Waals surface area contributed by atoms with E-state index in [4.69, 9.17) is 0 Å². The van der Waals surface area contributed by atoms with Crippen molar-refractivity contribution in [1.29, 1.82) is 0 Å². The molecule has 1 aromatic carbocycles. The number of thioether (sulfide) groups is 1. The lowest BCUT2D eigenvalue weighted by Gasteiger charge is -2.40. The van der Waals surface area contributed by atoms with Gasteiger partial charge in [0.1, 0.15) is 5.82 Å². The average molecular weight is 277 g/mol. The molecular weight excluding hydrogens is 257 g/mol. The summed E-state index contributed by atoms with van der Waals surface area (Å²) in [6.45, 7) is 1.03. The van der Waals surface area contributed by atoms with Gasteiger partial charge in [-0.2, -0.15) is 11.8 Å². The standard InChI is InChI=1S/C16H20FNS/c17-15-7-2-1-4-13(15)11-19-9-8-18-16-10-12-5-3-6-14(12)16/h1-4,6-7,12,14,16,18H,5,8-11H2/t12-,14-,16+/m0/s1. The maximum atomic E-state index is 13.4. The summed E-state index contributed by atoms with van der Waals surface area (Å²) in [6.07, 6.45) is 7.31. The van der Waals surface area contributed by atoms with Gasteiger partial charge in [-0.3, -0.25) is 0 Å². The second-order valence-corrected chi connectivity index (χ2v) is 6.55. The van der Waals surface area contributed by atoms with Crippen molar-refractivity contribution >= 4 is 11.8 Å². The first-order valence-electron chi connectivity index (χ1n) is 7.06. The normalized spacial score (nSPS) is 28.2. The molecule has 1 N–H and O–H groups in total. The van der Waals surface area contributed by atoms with Crippen molar-refractivity contribution in [1.82, 2.24) is 5.32 Å². The molecular formula is C16H20FNS. The van der Waals surface area contributed by atoms with Gasteiger partial charge in [0, 0.05) is 24.1 Å². The number of allylic oxidation sites excluding steroid dienone is 1. The molecule has 102 valence electrons. The second kappa shape index (κ2) is 6.10. The largest absolute Gasteiger partial charge is 0.313 e. The van der Waals surface area contributed by atoms with E-state index in [0.29, 0.717) is 6.04 Å². The third-order valence-corrected chi connectivity index (χ3v) is 5.24. The minimum absolute atomic E-state index is 0.0825. The molecule has 2 aliphatic carbocycles. The Morgan fingerprint density at radius 3 is 3.05 bits per heavy atom. The second-order valence-electron chi connectivity index (χ2n) is 5.44. The summed E-state index contributed by atoms with van der Waals surface area (Å²) in [7, 11) is 0. The summed E-state index contributed by atoms with van der Waals surface area (Å²) in [5, 5.41) is 3.63. The highest BCUT2D eigenvalue weighted by molar-refractivity contribution is 7.98. The molecule has 0 aliphatic heterocycles. The Kier molecular flexibility index (Phi) is 4.24. The van der Waals surface area contributed by atoms with Gasteiger partial charge in [0.2, 0.25) is 0 Å². The van der Waals surface area contributed by atoms with Crippen molar-refractivity contribution in [3.8, 4) is 0 Å². The van der Waals surface area contributed by atoms with Crippen LogP contribution in [0.2, 0.25) is 0 Å². The maximum Gasteiger partial charge on any atom is 0.127 e. The Morgan fingerprint density at radius 1 is 1.32 bits per heavy atom. The van der Waals surface area contributed by atoms with E-state index < -0.39 is 0 Å². The fraction of sp³-hybridized carbons (Fsp3) is 0.500. The van der Waals surface area contributed by atoms with Crippen molar-refractivity contribution in [3.05, 3.63) is 47.8 Å². The van der Waals surface area contributed by atoms with E-state index in [1.54, 1.807) is 17.8 Å². The molecule has 2 aliphatic rings. The number of hydrogen-bond acceptors (Lipinski definition) is 2. The first-order valence-corrected chi connectivity index (χ1v) is 8.21. The molecule has 0 unspecified atom stereocenters. The first-order chi connectivity index (χ1) is 9.34. The Bertz CT molecular complexity index is 460. The predicted octanol–water partition coefficient (Wildman–Crippen LogP) is 3.61. The average Bonchev–Trinajstić information content (AvgIpc) is 2.77. The highest BCUT2D eigenvalue weighted by Gasteiger charge is 2.40. The molecule has 0 bridgehead atoms. The molecule has 3 rings (SSSR count). The summed E-state index contributed by atoms with van der Waals surface area (Å²) in [5.74, 6) is 3.44. The Balaban J connectivity index is 1.32. The molecule has 3 atom stereocenters. The highest BCUT2D eigenvalue weighted by Crippen LogP contribution is 2.42. The van der Waals surface area contributed by atoms with E-state index in [0.717, 1.165) is 35.4 Å². The summed E-state index contributed by atoms with van der Waals surface area (Å²) in [4.78, 5) is 0. The van der Waals surface area contributed by atoms with Gasteiger partial charge < -0.3 is 5.32 Å². The van der Waals surface area contributed by atoms with Crippen molar-refractivity contribution < 1.29 is 4.39 Å². The summed E-state index contributed by atoms with van der Waals surface area (Å²) < 4.78 is 13.4. The van der Waals surface area contributed by atoms with E-state index in [-0.39, 0.29) is 5.82 Å². The molecule has 1 nitrogen and oxygen atoms in total. The molecule has 0 aromatic heterocycles. The fourth-order valence-electron chi connectivity index (χ4n) is 3.06. The number of fused-ring (bicyclic) bond motifs is 1. The molecule has 1 fully saturated rings. The molecule has 0 spiro atoms. The van der Waals surface area contributed by atoms with Crippen LogP contribution in [0.3, 0.4) is 0 Å². The van der Waals surface area contributed by atoms with Crippen LogP contribution in [0.4, 0.5) is 4.39 Å². The lowest BCUT2D eigenvalue weighted by molar-refractivity contribution is 0.166. The zero-order valence-corrected chi connectivity index (χ0v) is 11.8. The summed E-state index contributed by atoms with van der Waals surface area (Å²) >= 11 is 1.80. The number of benzene rings is 1. The van der Waals surface area contributed by atoms with E-state index in [1.165, 1.54) is 18.9 Å². The Hall–Kier alpha value is -0.800. The number of rotatable bonds is 6. The SMILES string of the molecule is Fc1ccccc1CSCCN[C@@H]1C[C@@H]2CC=C[C@@H]21. The maximum absolute atomic E-state index is 13.4. The number of hydrogen-bond donors (Lipinski definition) is 1. The lowest BCUT2D eigenvalue weighted by Crippen LogP contribution is -2.48. The third kappa shape index (κ3) is 3.03. The minimum atomic E-state index is -0.0825. The van der Waals surface area contributed by atoms with Crippen LogP contribution in [-0.2, 0) is 5.75 Å². The van der Waals surface area contributed by atoms with Crippen molar-refractivity contribution in [3.63, 3.8) is 0 Å². The van der Waals surface area contributed by atoms with Crippen LogP contribution in [0, 0.1) is 17.7 Å².